The quantitative estimate of drug-likeness (QED) is 0.165. The fourth-order valence-electron chi connectivity index (χ4n) is 9.97. The van der Waals surface area contributed by atoms with Gasteiger partial charge in [-0.25, -0.2) is 0 Å². The number of benzene rings is 9. The summed E-state index contributed by atoms with van der Waals surface area (Å²) in [6.07, 6.45) is 0. The number of pyridine rings is 1. The van der Waals surface area contributed by atoms with Gasteiger partial charge < -0.3 is 9.13 Å². The van der Waals surface area contributed by atoms with Crippen LogP contribution in [0.1, 0.15) is 0 Å². The standard InChI is InChI=1S/C55H33N3O/c59-55-44-21-5-4-17-40(44)47-32-37(33-48-43-20-8-11-24-51(43)58(55)54(47)48)34-13-12-16-39(29-34)57-50-23-10-7-19-42(50)46-31-36(26-28-53(46)57)35-25-27-52-45(30-35)41-18-6-9-22-49(41)56(52)38-14-2-1-3-15-38/h1-33H. The van der Waals surface area contributed by atoms with E-state index in [1.807, 2.05) is 28.7 Å². The molecule has 9 aromatic carbocycles. The van der Waals surface area contributed by atoms with Gasteiger partial charge in [-0.05, 0) is 113 Å². The maximum absolute atomic E-state index is 13.9. The molecule has 0 radical (unpaired) electrons. The Labute approximate surface area is 338 Å². The van der Waals surface area contributed by atoms with E-state index in [1.54, 1.807) is 0 Å². The van der Waals surface area contributed by atoms with Crippen molar-refractivity contribution in [2.75, 3.05) is 0 Å². The third-order valence-electron chi connectivity index (χ3n) is 12.5. The molecule has 0 atom stereocenters. The molecule has 0 bridgehead atoms. The molecule has 0 saturated heterocycles. The lowest BCUT2D eigenvalue weighted by Gasteiger charge is -2.12. The molecule has 4 heteroatoms. The summed E-state index contributed by atoms with van der Waals surface area (Å²) in [4.78, 5) is 13.9. The molecule has 4 heterocycles. The highest BCUT2D eigenvalue weighted by Gasteiger charge is 2.20. The van der Waals surface area contributed by atoms with Crippen LogP contribution in [0.25, 0.3) is 115 Å². The lowest BCUT2D eigenvalue weighted by atomic mass is 9.97. The normalized spacial score (nSPS) is 12.1. The van der Waals surface area contributed by atoms with Gasteiger partial charge in [-0.2, -0.15) is 0 Å². The lowest BCUT2D eigenvalue weighted by Crippen LogP contribution is -2.12. The molecule has 0 saturated carbocycles. The highest BCUT2D eigenvalue weighted by molar-refractivity contribution is 6.21. The molecule has 0 aliphatic rings. The SMILES string of the molecule is O=c1c2ccccc2c2cc(-c3cccc(-n4c5ccccc5c5cc(-c6ccc7c(c6)c6ccccc6n7-c6ccccc6)ccc54)c3)cc3c4ccccc4n1c23. The number of rotatable bonds is 4. The average molecular weight is 752 g/mol. The predicted molar refractivity (Wildman–Crippen MR) is 247 cm³/mol. The number of hydrogen-bond donors (Lipinski definition) is 0. The molecule has 274 valence electrons. The Hall–Kier alpha value is -7.95. The molecule has 0 aliphatic carbocycles. The topological polar surface area (TPSA) is 31.3 Å². The fourth-order valence-corrected chi connectivity index (χ4v) is 9.97. The van der Waals surface area contributed by atoms with E-state index < -0.39 is 0 Å². The van der Waals surface area contributed by atoms with E-state index in [9.17, 15) is 4.79 Å². The van der Waals surface area contributed by atoms with Crippen molar-refractivity contribution in [2.45, 2.75) is 0 Å². The van der Waals surface area contributed by atoms with E-state index in [0.29, 0.717) is 0 Å². The number of aromatic nitrogens is 3. The summed E-state index contributed by atoms with van der Waals surface area (Å²) in [7, 11) is 0. The summed E-state index contributed by atoms with van der Waals surface area (Å²) in [6.45, 7) is 0. The first-order valence-electron chi connectivity index (χ1n) is 20.1. The second-order valence-electron chi connectivity index (χ2n) is 15.7. The Kier molecular flexibility index (Phi) is 6.56. The van der Waals surface area contributed by atoms with Gasteiger partial charge in [0, 0.05) is 54.5 Å². The van der Waals surface area contributed by atoms with Gasteiger partial charge in [0.05, 0.1) is 33.1 Å². The number of fused-ring (bicyclic) bond motifs is 11. The molecular weight excluding hydrogens is 719 g/mol. The van der Waals surface area contributed by atoms with Gasteiger partial charge in [0.25, 0.3) is 5.56 Å². The second-order valence-corrected chi connectivity index (χ2v) is 15.7. The van der Waals surface area contributed by atoms with E-state index in [4.69, 9.17) is 0 Å². The molecule has 4 aromatic heterocycles. The van der Waals surface area contributed by atoms with Crippen molar-refractivity contribution in [3.8, 4) is 33.6 Å². The Morgan fingerprint density at radius 2 is 0.712 bits per heavy atom. The molecule has 0 spiro atoms. The first-order chi connectivity index (χ1) is 29.2. The van der Waals surface area contributed by atoms with Crippen molar-refractivity contribution >= 4 is 81.6 Å². The highest BCUT2D eigenvalue weighted by atomic mass is 16.1. The lowest BCUT2D eigenvalue weighted by molar-refractivity contribution is 1.18. The summed E-state index contributed by atoms with van der Waals surface area (Å²) < 4.78 is 6.68. The van der Waals surface area contributed by atoms with Gasteiger partial charge in [-0.15, -0.1) is 0 Å². The molecule has 59 heavy (non-hydrogen) atoms. The minimum atomic E-state index is 0.0276. The molecule has 0 aliphatic heterocycles. The Morgan fingerprint density at radius 3 is 1.36 bits per heavy atom. The maximum Gasteiger partial charge on any atom is 0.263 e. The van der Waals surface area contributed by atoms with Gasteiger partial charge in [0.2, 0.25) is 0 Å². The van der Waals surface area contributed by atoms with Gasteiger partial charge in [-0.3, -0.25) is 9.20 Å². The first kappa shape index (κ1) is 32.2. The van der Waals surface area contributed by atoms with Gasteiger partial charge in [0.15, 0.2) is 0 Å². The third-order valence-corrected chi connectivity index (χ3v) is 12.5. The molecule has 0 fully saturated rings. The third kappa shape index (κ3) is 4.51. The van der Waals surface area contributed by atoms with E-state index in [0.717, 1.165) is 66.0 Å². The smallest absolute Gasteiger partial charge is 0.263 e. The van der Waals surface area contributed by atoms with Gasteiger partial charge in [0.1, 0.15) is 0 Å². The van der Waals surface area contributed by atoms with Crippen molar-refractivity contribution in [2.24, 2.45) is 0 Å². The van der Waals surface area contributed by atoms with Crippen LogP contribution >= 0.6 is 0 Å². The van der Waals surface area contributed by atoms with Crippen molar-refractivity contribution in [3.05, 3.63) is 211 Å². The van der Waals surface area contributed by atoms with E-state index in [1.165, 1.54) is 49.2 Å². The first-order valence-corrected chi connectivity index (χ1v) is 20.1. The largest absolute Gasteiger partial charge is 0.309 e. The van der Waals surface area contributed by atoms with Crippen LogP contribution in [0, 0.1) is 0 Å². The summed E-state index contributed by atoms with van der Waals surface area (Å²) in [5, 5.41) is 9.90. The van der Waals surface area contributed by atoms with Crippen LogP contribution in [0.5, 0.6) is 0 Å². The van der Waals surface area contributed by atoms with Crippen molar-refractivity contribution in [3.63, 3.8) is 0 Å². The van der Waals surface area contributed by atoms with Crippen molar-refractivity contribution < 1.29 is 0 Å². The van der Waals surface area contributed by atoms with Crippen LogP contribution < -0.4 is 5.56 Å². The maximum atomic E-state index is 13.9. The summed E-state index contributed by atoms with van der Waals surface area (Å²) in [5.74, 6) is 0. The van der Waals surface area contributed by atoms with E-state index in [2.05, 4.69) is 185 Å². The zero-order valence-electron chi connectivity index (χ0n) is 31.8. The van der Waals surface area contributed by atoms with Gasteiger partial charge >= 0.3 is 0 Å². The van der Waals surface area contributed by atoms with Gasteiger partial charge in [-0.1, -0.05) is 115 Å². The summed E-state index contributed by atoms with van der Waals surface area (Å²) >= 11 is 0. The summed E-state index contributed by atoms with van der Waals surface area (Å²) in [6, 6.07) is 71.6. The zero-order chi connectivity index (χ0) is 38.8. The molecule has 13 rings (SSSR count). The Bertz CT molecular complexity index is 3920. The molecule has 0 amide bonds. The van der Waals surface area contributed by atoms with Crippen LogP contribution in [0.15, 0.2) is 205 Å². The Balaban J connectivity index is 0.984. The Morgan fingerprint density at radius 1 is 0.271 bits per heavy atom. The predicted octanol–water partition coefficient (Wildman–Crippen LogP) is 13.7. The zero-order valence-corrected chi connectivity index (χ0v) is 31.8. The number of hydrogen-bond acceptors (Lipinski definition) is 1. The summed E-state index contributed by atoms with van der Waals surface area (Å²) in [5.41, 5.74) is 13.6. The molecule has 0 N–H and O–H groups in total. The van der Waals surface area contributed by atoms with E-state index in [-0.39, 0.29) is 5.56 Å². The van der Waals surface area contributed by atoms with Crippen LogP contribution in [0.3, 0.4) is 0 Å². The van der Waals surface area contributed by atoms with Crippen LogP contribution in [-0.2, 0) is 0 Å². The minimum absolute atomic E-state index is 0.0276. The number of para-hydroxylation sites is 4. The highest BCUT2D eigenvalue weighted by Crippen LogP contribution is 2.41. The van der Waals surface area contributed by atoms with Crippen LogP contribution in [-0.4, -0.2) is 13.5 Å². The van der Waals surface area contributed by atoms with Crippen molar-refractivity contribution in [1.82, 2.24) is 13.5 Å². The molecule has 4 nitrogen and oxygen atoms in total. The molecule has 13 aromatic rings. The second kappa shape index (κ2) is 12.0. The molecular formula is C55H33N3O. The fraction of sp³-hybridized carbons (Fsp3) is 0. The van der Waals surface area contributed by atoms with Crippen LogP contribution in [0.2, 0.25) is 0 Å². The van der Waals surface area contributed by atoms with Crippen molar-refractivity contribution in [1.29, 1.82) is 0 Å². The molecule has 0 unspecified atom stereocenters. The van der Waals surface area contributed by atoms with Crippen LogP contribution in [0.4, 0.5) is 0 Å². The monoisotopic (exact) mass is 751 g/mol. The number of nitrogens with zero attached hydrogens (tertiary/aromatic N) is 3. The minimum Gasteiger partial charge on any atom is -0.309 e. The average Bonchev–Trinajstić information content (AvgIpc) is 3.94. The van der Waals surface area contributed by atoms with E-state index >= 15 is 0 Å².